The molecule has 0 saturated heterocycles. The number of unbranched alkanes of at least 4 members (excludes halogenated alkanes) is 5. The molecule has 0 aliphatic carbocycles. The highest BCUT2D eigenvalue weighted by Crippen LogP contribution is 2.16. The Kier molecular flexibility index (Phi) is 12.7. The van der Waals surface area contributed by atoms with E-state index in [1.807, 2.05) is 47.8 Å². The smallest absolute Gasteiger partial charge is 0.238 e. The molecule has 2 aromatic rings. The van der Waals surface area contributed by atoms with Gasteiger partial charge in [-0.1, -0.05) is 75.4 Å². The van der Waals surface area contributed by atoms with Crippen LogP contribution in [0.3, 0.4) is 0 Å². The van der Waals surface area contributed by atoms with E-state index >= 15 is 0 Å². The second-order valence-corrected chi connectivity index (χ2v) is 11.3. The second kappa shape index (κ2) is 15.2. The lowest BCUT2D eigenvalue weighted by Gasteiger charge is -2.27. The van der Waals surface area contributed by atoms with E-state index in [1.54, 1.807) is 23.3 Å². The number of hydrogen-bond acceptors (Lipinski definition) is 5. The zero-order valence-electron chi connectivity index (χ0n) is 19.9. The predicted octanol–water partition coefficient (Wildman–Crippen LogP) is 4.92. The standard InChI is InChI=1S/C25H38N2O4S2/c1-3-4-5-6-7-11-19-33(29,30)27(16-17-31-2)22-25(28)26(21-24-15-12-18-32-24)20-23-13-9-8-10-14-23/h8-10,12-15,18H,3-7,11,16-17,19-22H2,1-2H3. The van der Waals surface area contributed by atoms with Gasteiger partial charge in [-0.3, -0.25) is 4.79 Å². The Bertz CT molecular complexity index is 886. The van der Waals surface area contributed by atoms with Crippen molar-refractivity contribution >= 4 is 27.3 Å². The zero-order chi connectivity index (χ0) is 23.9. The molecule has 6 nitrogen and oxygen atoms in total. The van der Waals surface area contributed by atoms with Crippen LogP contribution in [0.4, 0.5) is 0 Å². The van der Waals surface area contributed by atoms with Crippen molar-refractivity contribution in [2.45, 2.75) is 58.5 Å². The number of nitrogens with zero attached hydrogens (tertiary/aromatic N) is 2. The van der Waals surface area contributed by atoms with Gasteiger partial charge in [0, 0.05) is 25.1 Å². The lowest BCUT2D eigenvalue weighted by Crippen LogP contribution is -2.44. The zero-order valence-corrected chi connectivity index (χ0v) is 21.6. The summed E-state index contributed by atoms with van der Waals surface area (Å²) in [7, 11) is -2.00. The fourth-order valence-electron chi connectivity index (χ4n) is 3.58. The second-order valence-electron chi connectivity index (χ2n) is 8.22. The largest absolute Gasteiger partial charge is 0.383 e. The number of methoxy groups -OCH3 is 1. The molecule has 0 unspecified atom stereocenters. The Hall–Kier alpha value is -1.74. The van der Waals surface area contributed by atoms with Gasteiger partial charge in [0.05, 0.1) is 25.4 Å². The molecule has 184 valence electrons. The SMILES string of the molecule is CCCCCCCCS(=O)(=O)N(CCOC)CC(=O)N(Cc1ccccc1)Cc1cccs1. The molecule has 2 rings (SSSR count). The van der Waals surface area contributed by atoms with Gasteiger partial charge in [0.2, 0.25) is 15.9 Å². The van der Waals surface area contributed by atoms with Gasteiger partial charge in [0.15, 0.2) is 0 Å². The molecule has 0 N–H and O–H groups in total. The summed E-state index contributed by atoms with van der Waals surface area (Å²) in [6, 6.07) is 13.7. The molecular formula is C25H38N2O4S2. The number of hydrogen-bond donors (Lipinski definition) is 0. The normalized spacial score (nSPS) is 11.7. The monoisotopic (exact) mass is 494 g/mol. The lowest BCUT2D eigenvalue weighted by atomic mass is 10.1. The van der Waals surface area contributed by atoms with Crippen LogP contribution in [0, 0.1) is 0 Å². The Balaban J connectivity index is 2.06. The molecule has 1 heterocycles. The molecule has 1 amide bonds. The number of thiophene rings is 1. The third kappa shape index (κ3) is 10.4. The van der Waals surface area contributed by atoms with E-state index in [1.165, 1.54) is 10.7 Å². The van der Waals surface area contributed by atoms with Gasteiger partial charge in [-0.2, -0.15) is 4.31 Å². The number of benzene rings is 1. The van der Waals surface area contributed by atoms with Gasteiger partial charge >= 0.3 is 0 Å². The van der Waals surface area contributed by atoms with Crippen molar-refractivity contribution in [3.63, 3.8) is 0 Å². The van der Waals surface area contributed by atoms with Crippen LogP contribution in [0.15, 0.2) is 47.8 Å². The van der Waals surface area contributed by atoms with E-state index in [0.29, 0.717) is 19.5 Å². The Morgan fingerprint density at radius 2 is 1.70 bits per heavy atom. The Labute approximate surface area is 203 Å². The van der Waals surface area contributed by atoms with E-state index in [2.05, 4.69) is 6.92 Å². The molecule has 8 heteroatoms. The van der Waals surface area contributed by atoms with E-state index < -0.39 is 10.0 Å². The number of rotatable bonds is 17. The minimum absolute atomic E-state index is 0.0692. The van der Waals surface area contributed by atoms with Crippen molar-refractivity contribution in [1.29, 1.82) is 0 Å². The third-order valence-corrected chi connectivity index (χ3v) is 8.27. The van der Waals surface area contributed by atoms with Crippen LogP contribution >= 0.6 is 11.3 Å². The molecule has 0 spiro atoms. The molecule has 1 aromatic heterocycles. The molecule has 0 fully saturated rings. The first-order chi connectivity index (χ1) is 16.0. The van der Waals surface area contributed by atoms with Gasteiger partial charge in [-0.15, -0.1) is 11.3 Å². The molecular weight excluding hydrogens is 456 g/mol. The maximum absolute atomic E-state index is 13.3. The minimum atomic E-state index is -3.54. The average molecular weight is 495 g/mol. The molecule has 0 saturated carbocycles. The molecule has 0 aliphatic rings. The topological polar surface area (TPSA) is 66.9 Å². The predicted molar refractivity (Wildman–Crippen MR) is 136 cm³/mol. The number of sulfonamides is 1. The summed E-state index contributed by atoms with van der Waals surface area (Å²) in [6.45, 7) is 3.33. The first-order valence-corrected chi connectivity index (χ1v) is 14.3. The molecule has 0 atom stereocenters. The summed E-state index contributed by atoms with van der Waals surface area (Å²) in [5, 5.41) is 1.98. The molecule has 0 aliphatic heterocycles. The van der Waals surface area contributed by atoms with Gasteiger partial charge in [-0.25, -0.2) is 8.42 Å². The van der Waals surface area contributed by atoms with Crippen LogP contribution in [0.1, 0.15) is 55.9 Å². The van der Waals surface area contributed by atoms with E-state index in [0.717, 1.165) is 36.1 Å². The van der Waals surface area contributed by atoms with E-state index in [9.17, 15) is 13.2 Å². The molecule has 0 radical (unpaired) electrons. The van der Waals surface area contributed by atoms with Crippen molar-refractivity contribution in [2.24, 2.45) is 0 Å². The van der Waals surface area contributed by atoms with Crippen molar-refractivity contribution in [2.75, 3.05) is 32.6 Å². The Morgan fingerprint density at radius 3 is 2.36 bits per heavy atom. The highest BCUT2D eigenvalue weighted by atomic mass is 32.2. The van der Waals surface area contributed by atoms with Crippen LogP contribution in [-0.2, 0) is 32.6 Å². The summed E-state index contributed by atoms with van der Waals surface area (Å²) in [6.07, 6.45) is 6.04. The van der Waals surface area contributed by atoms with Gasteiger partial charge in [0.25, 0.3) is 0 Å². The van der Waals surface area contributed by atoms with Crippen LogP contribution in [0.5, 0.6) is 0 Å². The van der Waals surface area contributed by atoms with Crippen molar-refractivity contribution in [1.82, 2.24) is 9.21 Å². The third-order valence-electron chi connectivity index (χ3n) is 5.50. The molecule has 33 heavy (non-hydrogen) atoms. The highest BCUT2D eigenvalue weighted by Gasteiger charge is 2.26. The van der Waals surface area contributed by atoms with Crippen LogP contribution < -0.4 is 0 Å². The van der Waals surface area contributed by atoms with Crippen molar-refractivity contribution in [3.05, 3.63) is 58.3 Å². The fourth-order valence-corrected chi connectivity index (χ4v) is 5.79. The summed E-state index contributed by atoms with van der Waals surface area (Å²) in [4.78, 5) is 16.1. The maximum Gasteiger partial charge on any atom is 0.238 e. The minimum Gasteiger partial charge on any atom is -0.383 e. The summed E-state index contributed by atoms with van der Waals surface area (Å²) >= 11 is 1.59. The van der Waals surface area contributed by atoms with E-state index in [-0.39, 0.29) is 31.4 Å². The van der Waals surface area contributed by atoms with Gasteiger partial charge in [0.1, 0.15) is 0 Å². The van der Waals surface area contributed by atoms with Crippen LogP contribution in [0.2, 0.25) is 0 Å². The van der Waals surface area contributed by atoms with E-state index in [4.69, 9.17) is 4.74 Å². The number of carbonyl (C=O) groups excluding carboxylic acids is 1. The fraction of sp³-hybridized carbons (Fsp3) is 0.560. The number of amides is 1. The van der Waals surface area contributed by atoms with Gasteiger partial charge < -0.3 is 9.64 Å². The average Bonchev–Trinajstić information content (AvgIpc) is 3.32. The first-order valence-electron chi connectivity index (χ1n) is 11.8. The summed E-state index contributed by atoms with van der Waals surface area (Å²) in [5.74, 6) is -0.130. The Morgan fingerprint density at radius 1 is 0.970 bits per heavy atom. The number of ether oxygens (including phenoxy) is 1. The van der Waals surface area contributed by atoms with Crippen LogP contribution in [0.25, 0.3) is 0 Å². The van der Waals surface area contributed by atoms with Crippen molar-refractivity contribution < 1.29 is 17.9 Å². The highest BCUT2D eigenvalue weighted by molar-refractivity contribution is 7.89. The van der Waals surface area contributed by atoms with Crippen molar-refractivity contribution in [3.8, 4) is 0 Å². The summed E-state index contributed by atoms with van der Waals surface area (Å²) < 4.78 is 32.6. The number of carbonyl (C=O) groups is 1. The lowest BCUT2D eigenvalue weighted by molar-refractivity contribution is -0.132. The quantitative estimate of drug-likeness (QED) is 0.293. The van der Waals surface area contributed by atoms with Gasteiger partial charge in [-0.05, 0) is 23.4 Å². The summed E-state index contributed by atoms with van der Waals surface area (Å²) in [5.41, 5.74) is 1.01. The maximum atomic E-state index is 13.3. The van der Waals surface area contributed by atoms with Crippen LogP contribution in [-0.4, -0.2) is 56.1 Å². The first kappa shape index (κ1) is 27.5. The molecule has 1 aromatic carbocycles. The molecule has 0 bridgehead atoms.